The summed E-state index contributed by atoms with van der Waals surface area (Å²) in [5.41, 5.74) is -0.969. The lowest BCUT2D eigenvalue weighted by Crippen LogP contribution is -2.24. The van der Waals surface area contributed by atoms with Gasteiger partial charge < -0.3 is 15.2 Å². The zero-order chi connectivity index (χ0) is 12.9. The van der Waals surface area contributed by atoms with Gasteiger partial charge in [0.2, 0.25) is 0 Å². The van der Waals surface area contributed by atoms with Crippen molar-refractivity contribution in [2.24, 2.45) is 0 Å². The predicted octanol–water partition coefficient (Wildman–Crippen LogP) is 1.52. The summed E-state index contributed by atoms with van der Waals surface area (Å²) < 4.78 is 41.7. The van der Waals surface area contributed by atoms with Gasteiger partial charge in [-0.25, -0.2) is 4.98 Å². The number of anilines is 1. The topological polar surface area (TPSA) is 54.4 Å². The third-order valence-electron chi connectivity index (χ3n) is 1.92. The van der Waals surface area contributed by atoms with E-state index >= 15 is 0 Å². The van der Waals surface area contributed by atoms with Gasteiger partial charge in [-0.2, -0.15) is 13.2 Å². The third-order valence-corrected chi connectivity index (χ3v) is 1.92. The van der Waals surface area contributed by atoms with E-state index in [1.165, 1.54) is 19.2 Å². The number of hydrogen-bond acceptors (Lipinski definition) is 4. The molecule has 0 spiro atoms. The number of halogens is 3. The number of aliphatic hydroxyl groups excluding tert-OH is 1. The highest BCUT2D eigenvalue weighted by atomic mass is 19.4. The quantitative estimate of drug-likeness (QED) is 0.832. The Bertz CT molecular complexity index is 358. The lowest BCUT2D eigenvalue weighted by Gasteiger charge is -2.12. The van der Waals surface area contributed by atoms with Gasteiger partial charge in [-0.1, -0.05) is 6.07 Å². The summed E-state index contributed by atoms with van der Waals surface area (Å²) in [4.78, 5) is 3.39. The minimum atomic E-state index is -4.47. The molecule has 0 saturated carbocycles. The van der Waals surface area contributed by atoms with Crippen LogP contribution in [0.4, 0.5) is 19.0 Å². The van der Waals surface area contributed by atoms with Crippen LogP contribution in [0.15, 0.2) is 18.2 Å². The van der Waals surface area contributed by atoms with E-state index in [0.29, 0.717) is 0 Å². The zero-order valence-corrected chi connectivity index (χ0v) is 9.16. The Morgan fingerprint density at radius 1 is 1.47 bits per heavy atom. The van der Waals surface area contributed by atoms with E-state index in [4.69, 9.17) is 0 Å². The molecule has 0 aliphatic carbocycles. The van der Waals surface area contributed by atoms with Gasteiger partial charge in [0.25, 0.3) is 0 Å². The van der Waals surface area contributed by atoms with E-state index in [0.717, 1.165) is 6.07 Å². The normalized spacial score (nSPS) is 13.5. The molecule has 17 heavy (non-hydrogen) atoms. The molecule has 0 aliphatic rings. The number of nitrogens with one attached hydrogen (secondary N) is 1. The Kier molecular flexibility index (Phi) is 4.71. The number of hydrogen-bond donors (Lipinski definition) is 2. The van der Waals surface area contributed by atoms with Crippen LogP contribution in [0.2, 0.25) is 0 Å². The molecule has 0 fully saturated rings. The summed E-state index contributed by atoms with van der Waals surface area (Å²) >= 11 is 0. The molecule has 96 valence electrons. The number of methoxy groups -OCH3 is 1. The van der Waals surface area contributed by atoms with Crippen LogP contribution < -0.4 is 5.32 Å². The smallest absolute Gasteiger partial charge is 0.389 e. The fourth-order valence-corrected chi connectivity index (χ4v) is 1.16. The van der Waals surface area contributed by atoms with E-state index in [9.17, 15) is 18.3 Å². The maximum atomic E-state index is 12.3. The number of rotatable bonds is 5. The highest BCUT2D eigenvalue weighted by Crippen LogP contribution is 2.28. The van der Waals surface area contributed by atoms with Crippen LogP contribution >= 0.6 is 0 Å². The maximum absolute atomic E-state index is 12.3. The largest absolute Gasteiger partial charge is 0.433 e. The van der Waals surface area contributed by atoms with Gasteiger partial charge in [0.1, 0.15) is 11.5 Å². The number of ether oxygens (including phenoxy) is 1. The molecule has 7 heteroatoms. The van der Waals surface area contributed by atoms with Gasteiger partial charge in [-0.05, 0) is 12.1 Å². The van der Waals surface area contributed by atoms with Crippen molar-refractivity contribution in [2.45, 2.75) is 12.3 Å². The fraction of sp³-hybridized carbons (Fsp3) is 0.500. The minimum Gasteiger partial charge on any atom is -0.389 e. The number of alkyl halides is 3. The van der Waals surface area contributed by atoms with Crippen molar-refractivity contribution in [2.75, 3.05) is 25.6 Å². The third kappa shape index (κ3) is 4.58. The predicted molar refractivity (Wildman–Crippen MR) is 55.6 cm³/mol. The average molecular weight is 250 g/mol. The number of nitrogens with zero attached hydrogens (tertiary/aromatic N) is 1. The average Bonchev–Trinajstić information content (AvgIpc) is 2.26. The molecule has 1 aromatic rings. The van der Waals surface area contributed by atoms with Crippen LogP contribution in [-0.2, 0) is 10.9 Å². The Labute approximate surface area is 96.4 Å². The molecule has 1 unspecified atom stereocenters. The SMILES string of the molecule is COCC(O)CNc1cccc(C(F)(F)F)n1. The highest BCUT2D eigenvalue weighted by molar-refractivity contribution is 5.36. The second kappa shape index (κ2) is 5.83. The first-order valence-corrected chi connectivity index (χ1v) is 4.88. The Hall–Kier alpha value is -1.34. The van der Waals surface area contributed by atoms with Crippen molar-refractivity contribution >= 4 is 5.82 Å². The van der Waals surface area contributed by atoms with Gasteiger partial charge in [0, 0.05) is 13.7 Å². The monoisotopic (exact) mass is 250 g/mol. The fourth-order valence-electron chi connectivity index (χ4n) is 1.16. The molecule has 0 aliphatic heterocycles. The first-order valence-electron chi connectivity index (χ1n) is 4.88. The summed E-state index contributed by atoms with van der Waals surface area (Å²) in [7, 11) is 1.42. The highest BCUT2D eigenvalue weighted by Gasteiger charge is 2.32. The van der Waals surface area contributed by atoms with E-state index in [1.807, 2.05) is 0 Å². The lowest BCUT2D eigenvalue weighted by atomic mass is 10.3. The van der Waals surface area contributed by atoms with Crippen LogP contribution in [0, 0.1) is 0 Å². The van der Waals surface area contributed by atoms with Gasteiger partial charge in [0.05, 0.1) is 12.7 Å². The summed E-state index contributed by atoms with van der Waals surface area (Å²) in [6.07, 6.45) is -5.26. The molecule has 1 aromatic heterocycles. The molecule has 0 aromatic carbocycles. The summed E-state index contributed by atoms with van der Waals surface area (Å²) in [6, 6.07) is 3.53. The number of aliphatic hydroxyl groups is 1. The Morgan fingerprint density at radius 2 is 2.18 bits per heavy atom. The van der Waals surface area contributed by atoms with Gasteiger partial charge in [-0.3, -0.25) is 0 Å². The van der Waals surface area contributed by atoms with Crippen molar-refractivity contribution in [1.29, 1.82) is 0 Å². The van der Waals surface area contributed by atoms with Crippen LogP contribution in [-0.4, -0.2) is 36.5 Å². The molecule has 0 bridgehead atoms. The van der Waals surface area contributed by atoms with Crippen LogP contribution in [0.5, 0.6) is 0 Å². The van der Waals surface area contributed by atoms with Gasteiger partial charge in [-0.15, -0.1) is 0 Å². The molecule has 1 rings (SSSR count). The van der Waals surface area contributed by atoms with Crippen molar-refractivity contribution in [3.8, 4) is 0 Å². The molecule has 2 N–H and O–H groups in total. The molecule has 1 heterocycles. The van der Waals surface area contributed by atoms with Crippen LogP contribution in [0.1, 0.15) is 5.69 Å². The van der Waals surface area contributed by atoms with Crippen molar-refractivity contribution in [1.82, 2.24) is 4.98 Å². The first-order chi connectivity index (χ1) is 7.93. The molecular formula is C10H13F3N2O2. The van der Waals surface area contributed by atoms with Crippen LogP contribution in [0.25, 0.3) is 0 Å². The van der Waals surface area contributed by atoms with Crippen molar-refractivity contribution in [3.63, 3.8) is 0 Å². The standard InChI is InChI=1S/C10H13F3N2O2/c1-17-6-7(16)5-14-9-4-2-3-8(15-9)10(11,12)13/h2-4,7,16H,5-6H2,1H3,(H,14,15). The van der Waals surface area contributed by atoms with E-state index < -0.39 is 18.0 Å². The first kappa shape index (κ1) is 13.7. The minimum absolute atomic E-state index is 0.0648. The maximum Gasteiger partial charge on any atom is 0.433 e. The second-order valence-corrected chi connectivity index (χ2v) is 3.40. The molecule has 0 saturated heterocycles. The van der Waals surface area contributed by atoms with E-state index in [2.05, 4.69) is 15.0 Å². The Morgan fingerprint density at radius 3 is 2.76 bits per heavy atom. The molecule has 4 nitrogen and oxygen atoms in total. The summed E-state index contributed by atoms with van der Waals surface area (Å²) in [6.45, 7) is 0.175. The number of aromatic nitrogens is 1. The van der Waals surface area contributed by atoms with Gasteiger partial charge in [0.15, 0.2) is 0 Å². The van der Waals surface area contributed by atoms with Crippen molar-refractivity contribution in [3.05, 3.63) is 23.9 Å². The van der Waals surface area contributed by atoms with Crippen molar-refractivity contribution < 1.29 is 23.0 Å². The molecular weight excluding hydrogens is 237 g/mol. The molecule has 1 atom stereocenters. The van der Waals surface area contributed by atoms with Gasteiger partial charge >= 0.3 is 6.18 Å². The summed E-state index contributed by atoms with van der Waals surface area (Å²) in [5.74, 6) is 0.0648. The second-order valence-electron chi connectivity index (χ2n) is 3.40. The molecule has 0 amide bonds. The lowest BCUT2D eigenvalue weighted by molar-refractivity contribution is -0.141. The van der Waals surface area contributed by atoms with Crippen LogP contribution in [0.3, 0.4) is 0 Å². The molecule has 0 radical (unpaired) electrons. The van der Waals surface area contributed by atoms with E-state index in [1.54, 1.807) is 0 Å². The zero-order valence-electron chi connectivity index (χ0n) is 9.16. The van der Waals surface area contributed by atoms with E-state index in [-0.39, 0.29) is 19.0 Å². The Balaban J connectivity index is 2.60. The summed E-state index contributed by atoms with van der Waals surface area (Å²) in [5, 5.41) is 11.9. The number of pyridine rings is 1.